The molecule has 0 radical (unpaired) electrons. The van der Waals surface area contributed by atoms with Crippen LogP contribution in [-0.2, 0) is 16.0 Å². The van der Waals surface area contributed by atoms with E-state index < -0.39 is 5.54 Å². The largest absolute Gasteiger partial charge is 0.355 e. The van der Waals surface area contributed by atoms with Crippen molar-refractivity contribution in [2.45, 2.75) is 38.6 Å². The highest BCUT2D eigenvalue weighted by atomic mass is 16.2. The van der Waals surface area contributed by atoms with Crippen molar-refractivity contribution in [1.29, 1.82) is 0 Å². The number of anilines is 1. The zero-order valence-electron chi connectivity index (χ0n) is 12.7. The van der Waals surface area contributed by atoms with Crippen LogP contribution in [0.2, 0.25) is 0 Å². The maximum atomic E-state index is 12.2. The number of carbonyl (C=O) groups excluding carboxylic acids is 2. The van der Waals surface area contributed by atoms with Crippen LogP contribution in [0.25, 0.3) is 0 Å². The molecule has 1 heterocycles. The van der Waals surface area contributed by atoms with Crippen LogP contribution in [0.4, 0.5) is 5.69 Å². The Labute approximate surface area is 125 Å². The second kappa shape index (κ2) is 6.26. The van der Waals surface area contributed by atoms with Crippen molar-refractivity contribution in [3.8, 4) is 0 Å². The molecule has 0 spiro atoms. The fourth-order valence-electron chi connectivity index (χ4n) is 2.40. The van der Waals surface area contributed by atoms with E-state index in [4.69, 9.17) is 5.73 Å². The molecule has 5 nitrogen and oxygen atoms in total. The van der Waals surface area contributed by atoms with Gasteiger partial charge in [0.2, 0.25) is 11.8 Å². The monoisotopic (exact) mass is 289 g/mol. The molecule has 21 heavy (non-hydrogen) atoms. The summed E-state index contributed by atoms with van der Waals surface area (Å²) in [6.07, 6.45) is 1.97. The van der Waals surface area contributed by atoms with Crippen molar-refractivity contribution in [3.63, 3.8) is 0 Å². The standard InChI is InChI=1S/C16H23N3O2/c1-16(2,17)15(21)18-10-5-8-14(20)19-11-9-12-6-3-4-7-13(12)19/h3-4,6-7H,5,8-11,17H2,1-2H3,(H,18,21). The molecule has 114 valence electrons. The number of nitrogens with two attached hydrogens (primary N) is 1. The molecule has 1 aliphatic rings. The third kappa shape index (κ3) is 3.82. The summed E-state index contributed by atoms with van der Waals surface area (Å²) in [5.41, 5.74) is 7.06. The Balaban J connectivity index is 1.78. The van der Waals surface area contributed by atoms with Crippen molar-refractivity contribution >= 4 is 17.5 Å². The van der Waals surface area contributed by atoms with Crippen LogP contribution >= 0.6 is 0 Å². The molecule has 0 saturated carbocycles. The van der Waals surface area contributed by atoms with E-state index in [9.17, 15) is 9.59 Å². The van der Waals surface area contributed by atoms with Crippen LogP contribution < -0.4 is 16.0 Å². The normalized spacial score (nSPS) is 14.0. The summed E-state index contributed by atoms with van der Waals surface area (Å²) in [5.74, 6) is -0.0809. The topological polar surface area (TPSA) is 75.4 Å². The quantitative estimate of drug-likeness (QED) is 0.800. The third-order valence-corrected chi connectivity index (χ3v) is 3.63. The van der Waals surface area contributed by atoms with E-state index in [0.717, 1.165) is 18.7 Å². The summed E-state index contributed by atoms with van der Waals surface area (Å²) in [7, 11) is 0. The van der Waals surface area contributed by atoms with Gasteiger partial charge < -0.3 is 16.0 Å². The van der Waals surface area contributed by atoms with Crippen molar-refractivity contribution in [1.82, 2.24) is 5.32 Å². The molecule has 3 N–H and O–H groups in total. The Morgan fingerprint density at radius 2 is 2.05 bits per heavy atom. The number of nitrogens with zero attached hydrogens (tertiary/aromatic N) is 1. The van der Waals surface area contributed by atoms with Crippen molar-refractivity contribution in [3.05, 3.63) is 29.8 Å². The lowest BCUT2D eigenvalue weighted by Crippen LogP contribution is -2.49. The van der Waals surface area contributed by atoms with E-state index in [1.807, 2.05) is 23.1 Å². The van der Waals surface area contributed by atoms with Crippen molar-refractivity contribution < 1.29 is 9.59 Å². The average molecular weight is 289 g/mol. The van der Waals surface area contributed by atoms with Crippen LogP contribution in [0.3, 0.4) is 0 Å². The van der Waals surface area contributed by atoms with E-state index >= 15 is 0 Å². The first-order valence-corrected chi connectivity index (χ1v) is 7.35. The first-order chi connectivity index (χ1) is 9.89. The summed E-state index contributed by atoms with van der Waals surface area (Å²) >= 11 is 0. The van der Waals surface area contributed by atoms with Gasteiger partial charge in [-0.3, -0.25) is 9.59 Å². The minimum atomic E-state index is -0.877. The van der Waals surface area contributed by atoms with Crippen molar-refractivity contribution in [2.75, 3.05) is 18.0 Å². The van der Waals surface area contributed by atoms with Gasteiger partial charge in [0.1, 0.15) is 0 Å². The molecule has 0 atom stereocenters. The number of para-hydroxylation sites is 1. The van der Waals surface area contributed by atoms with E-state index in [0.29, 0.717) is 19.4 Å². The highest BCUT2D eigenvalue weighted by Crippen LogP contribution is 2.27. The molecule has 0 fully saturated rings. The van der Waals surface area contributed by atoms with Crippen LogP contribution in [0, 0.1) is 0 Å². The number of nitrogens with one attached hydrogen (secondary N) is 1. The Hall–Kier alpha value is -1.88. The molecule has 0 aromatic heterocycles. The lowest BCUT2D eigenvalue weighted by atomic mass is 10.1. The lowest BCUT2D eigenvalue weighted by molar-refractivity contribution is -0.125. The zero-order valence-corrected chi connectivity index (χ0v) is 12.7. The predicted molar refractivity (Wildman–Crippen MR) is 83.0 cm³/mol. The van der Waals surface area contributed by atoms with Gasteiger partial charge in [-0.05, 0) is 38.3 Å². The number of amides is 2. The molecule has 2 rings (SSSR count). The van der Waals surface area contributed by atoms with Crippen molar-refractivity contribution in [2.24, 2.45) is 5.73 Å². The predicted octanol–water partition coefficient (Wildman–Crippen LogP) is 1.21. The summed E-state index contributed by atoms with van der Waals surface area (Å²) in [4.78, 5) is 25.7. The van der Waals surface area contributed by atoms with Crippen LogP contribution in [0.15, 0.2) is 24.3 Å². The smallest absolute Gasteiger partial charge is 0.239 e. The van der Waals surface area contributed by atoms with Gasteiger partial charge in [-0.1, -0.05) is 18.2 Å². The number of benzene rings is 1. The maximum Gasteiger partial charge on any atom is 0.239 e. The minimum absolute atomic E-state index is 0.112. The minimum Gasteiger partial charge on any atom is -0.355 e. The molecule has 1 aliphatic heterocycles. The van der Waals surface area contributed by atoms with Gasteiger partial charge in [-0.15, -0.1) is 0 Å². The van der Waals surface area contributed by atoms with E-state index in [1.165, 1.54) is 5.56 Å². The summed E-state index contributed by atoms with van der Waals surface area (Å²) in [6.45, 7) is 4.55. The second-order valence-corrected chi connectivity index (χ2v) is 6.01. The summed E-state index contributed by atoms with van der Waals surface area (Å²) in [5, 5.41) is 2.75. The molecule has 0 saturated heterocycles. The Kier molecular flexibility index (Phi) is 4.63. The Morgan fingerprint density at radius 3 is 2.76 bits per heavy atom. The first-order valence-electron chi connectivity index (χ1n) is 7.35. The number of hydrogen-bond donors (Lipinski definition) is 2. The molecule has 1 aromatic carbocycles. The molecule has 2 amide bonds. The van der Waals surface area contributed by atoms with Crippen LogP contribution in [0.5, 0.6) is 0 Å². The van der Waals surface area contributed by atoms with Crippen LogP contribution in [0.1, 0.15) is 32.3 Å². The van der Waals surface area contributed by atoms with Gasteiger partial charge in [0, 0.05) is 25.2 Å². The molecule has 0 bridgehead atoms. The zero-order chi connectivity index (χ0) is 15.5. The van der Waals surface area contributed by atoms with E-state index in [2.05, 4.69) is 11.4 Å². The fourth-order valence-corrected chi connectivity index (χ4v) is 2.40. The molecular weight excluding hydrogens is 266 g/mol. The molecule has 5 heteroatoms. The Morgan fingerprint density at radius 1 is 1.33 bits per heavy atom. The highest BCUT2D eigenvalue weighted by Gasteiger charge is 2.24. The molecule has 0 aliphatic carbocycles. The number of rotatable bonds is 5. The molecule has 0 unspecified atom stereocenters. The van der Waals surface area contributed by atoms with Crippen LogP contribution in [-0.4, -0.2) is 30.4 Å². The van der Waals surface area contributed by atoms with Gasteiger partial charge in [-0.25, -0.2) is 0 Å². The number of carbonyl (C=O) groups is 2. The van der Waals surface area contributed by atoms with Gasteiger partial charge in [-0.2, -0.15) is 0 Å². The first kappa shape index (κ1) is 15.5. The van der Waals surface area contributed by atoms with Gasteiger partial charge in [0.15, 0.2) is 0 Å². The number of fused-ring (bicyclic) bond motifs is 1. The third-order valence-electron chi connectivity index (χ3n) is 3.63. The van der Waals surface area contributed by atoms with E-state index in [-0.39, 0.29) is 11.8 Å². The maximum absolute atomic E-state index is 12.2. The average Bonchev–Trinajstić information content (AvgIpc) is 2.86. The van der Waals surface area contributed by atoms with Gasteiger partial charge >= 0.3 is 0 Å². The van der Waals surface area contributed by atoms with E-state index in [1.54, 1.807) is 13.8 Å². The molecule has 1 aromatic rings. The second-order valence-electron chi connectivity index (χ2n) is 6.01. The fraction of sp³-hybridized carbons (Fsp3) is 0.500. The molecular formula is C16H23N3O2. The summed E-state index contributed by atoms with van der Waals surface area (Å²) in [6, 6.07) is 8.00. The lowest BCUT2D eigenvalue weighted by Gasteiger charge is -2.19. The van der Waals surface area contributed by atoms with Gasteiger partial charge in [0.05, 0.1) is 5.54 Å². The number of hydrogen-bond acceptors (Lipinski definition) is 3. The highest BCUT2D eigenvalue weighted by molar-refractivity contribution is 5.95. The Bertz CT molecular complexity index is 535. The SMILES string of the molecule is CC(C)(N)C(=O)NCCCC(=O)N1CCc2ccccc21. The van der Waals surface area contributed by atoms with Gasteiger partial charge in [0.25, 0.3) is 0 Å². The summed E-state index contributed by atoms with van der Waals surface area (Å²) < 4.78 is 0.